The van der Waals surface area contributed by atoms with Crippen molar-refractivity contribution in [1.29, 1.82) is 0 Å². The molecule has 0 heterocycles. The maximum absolute atomic E-state index is 5.83. The fraction of sp³-hybridized carbons (Fsp3) is 0.364. The van der Waals surface area contributed by atoms with Crippen LogP contribution in [0.5, 0.6) is 0 Å². The van der Waals surface area contributed by atoms with E-state index in [0.717, 1.165) is 23.0 Å². The molecule has 0 bridgehead atoms. The molecule has 0 aliphatic carbocycles. The summed E-state index contributed by atoms with van der Waals surface area (Å²) in [4.78, 5) is 4.26. The zero-order chi connectivity index (χ0) is 10.6. The zero-order valence-electron chi connectivity index (χ0n) is 8.55. The number of aryl methyl sites for hydroxylation is 1. The van der Waals surface area contributed by atoms with Crippen molar-refractivity contribution in [1.82, 2.24) is 0 Å². The van der Waals surface area contributed by atoms with Crippen molar-refractivity contribution in [2.45, 2.75) is 20.3 Å². The molecule has 14 heavy (non-hydrogen) atoms. The van der Waals surface area contributed by atoms with Gasteiger partial charge in [-0.3, -0.25) is 4.99 Å². The van der Waals surface area contributed by atoms with Crippen LogP contribution in [0.3, 0.4) is 0 Å². The molecule has 1 aromatic rings. The number of hydrogen-bond acceptors (Lipinski definition) is 1. The first kappa shape index (κ1) is 11.2. The van der Waals surface area contributed by atoms with Crippen LogP contribution in [0.2, 0.25) is 0 Å². The summed E-state index contributed by atoms with van der Waals surface area (Å²) in [5, 5.41) is 0. The minimum Gasteiger partial charge on any atom is -0.384 e. The lowest BCUT2D eigenvalue weighted by Gasteiger charge is -2.03. The molecule has 0 atom stereocenters. The number of hydrogen-bond donors (Lipinski definition) is 1. The first-order chi connectivity index (χ1) is 6.65. The van der Waals surface area contributed by atoms with E-state index in [1.165, 1.54) is 5.56 Å². The Labute approximate surface area is 93.4 Å². The van der Waals surface area contributed by atoms with Gasteiger partial charge in [-0.2, -0.15) is 0 Å². The Hall–Kier alpha value is -0.830. The standard InChI is InChI=1S/C11H15BrN2/c1-3-6-14-11(13)9-5-4-8(2)10(12)7-9/h4-5,7H,3,6H2,1-2H3,(H2,13,14). The average Bonchev–Trinajstić information content (AvgIpc) is 2.18. The summed E-state index contributed by atoms with van der Waals surface area (Å²) in [6.07, 6.45) is 1.02. The topological polar surface area (TPSA) is 38.4 Å². The van der Waals surface area contributed by atoms with Crippen LogP contribution in [0, 0.1) is 6.92 Å². The fourth-order valence-electron chi connectivity index (χ4n) is 1.08. The van der Waals surface area contributed by atoms with Crippen molar-refractivity contribution in [3.63, 3.8) is 0 Å². The molecule has 2 nitrogen and oxygen atoms in total. The summed E-state index contributed by atoms with van der Waals surface area (Å²) in [7, 11) is 0. The Morgan fingerprint density at radius 3 is 2.79 bits per heavy atom. The molecule has 2 N–H and O–H groups in total. The van der Waals surface area contributed by atoms with Crippen LogP contribution in [0.15, 0.2) is 27.7 Å². The predicted molar refractivity (Wildman–Crippen MR) is 64.8 cm³/mol. The zero-order valence-corrected chi connectivity index (χ0v) is 10.1. The molecule has 76 valence electrons. The Morgan fingerprint density at radius 2 is 2.21 bits per heavy atom. The minimum atomic E-state index is 0.618. The van der Waals surface area contributed by atoms with Gasteiger partial charge in [0, 0.05) is 16.6 Å². The summed E-state index contributed by atoms with van der Waals surface area (Å²) in [6, 6.07) is 6.03. The van der Waals surface area contributed by atoms with Crippen LogP contribution in [0.25, 0.3) is 0 Å². The maximum atomic E-state index is 5.83. The second-order valence-corrected chi connectivity index (χ2v) is 4.09. The van der Waals surface area contributed by atoms with Crippen molar-refractivity contribution in [2.75, 3.05) is 6.54 Å². The molecule has 0 aromatic heterocycles. The maximum Gasteiger partial charge on any atom is 0.125 e. The number of aliphatic imine (C=N–C) groups is 1. The van der Waals surface area contributed by atoms with Gasteiger partial charge in [0.25, 0.3) is 0 Å². The lowest BCUT2D eigenvalue weighted by atomic mass is 10.1. The van der Waals surface area contributed by atoms with E-state index < -0.39 is 0 Å². The van der Waals surface area contributed by atoms with Crippen molar-refractivity contribution >= 4 is 21.8 Å². The Balaban J connectivity index is 2.91. The molecule has 0 amide bonds. The largest absolute Gasteiger partial charge is 0.384 e. The van der Waals surface area contributed by atoms with Gasteiger partial charge in [0.05, 0.1) is 0 Å². The quantitative estimate of drug-likeness (QED) is 0.654. The highest BCUT2D eigenvalue weighted by molar-refractivity contribution is 9.10. The normalized spacial score (nSPS) is 11.8. The van der Waals surface area contributed by atoms with E-state index in [1.807, 2.05) is 25.1 Å². The van der Waals surface area contributed by atoms with E-state index in [-0.39, 0.29) is 0 Å². The SMILES string of the molecule is CCCN=C(N)c1ccc(C)c(Br)c1. The number of nitrogens with two attached hydrogens (primary N) is 1. The summed E-state index contributed by atoms with van der Waals surface area (Å²) < 4.78 is 1.07. The average molecular weight is 255 g/mol. The highest BCUT2D eigenvalue weighted by atomic mass is 79.9. The van der Waals surface area contributed by atoms with Crippen LogP contribution in [-0.4, -0.2) is 12.4 Å². The van der Waals surface area contributed by atoms with Gasteiger partial charge in [0.2, 0.25) is 0 Å². The first-order valence-corrected chi connectivity index (χ1v) is 5.51. The Bertz CT molecular complexity index is 345. The van der Waals surface area contributed by atoms with Crippen LogP contribution < -0.4 is 5.73 Å². The second-order valence-electron chi connectivity index (χ2n) is 3.23. The first-order valence-electron chi connectivity index (χ1n) is 4.71. The third-order valence-electron chi connectivity index (χ3n) is 1.97. The highest BCUT2D eigenvalue weighted by Crippen LogP contribution is 2.17. The van der Waals surface area contributed by atoms with E-state index >= 15 is 0 Å². The van der Waals surface area contributed by atoms with E-state index in [9.17, 15) is 0 Å². The molecule has 0 saturated carbocycles. The van der Waals surface area contributed by atoms with Gasteiger partial charge in [-0.05, 0) is 25.0 Å². The summed E-state index contributed by atoms with van der Waals surface area (Å²) >= 11 is 3.47. The molecular weight excluding hydrogens is 240 g/mol. The molecule has 0 aliphatic rings. The van der Waals surface area contributed by atoms with Crippen LogP contribution in [0.1, 0.15) is 24.5 Å². The smallest absolute Gasteiger partial charge is 0.125 e. The molecule has 0 aliphatic heterocycles. The van der Waals surface area contributed by atoms with Gasteiger partial charge >= 0.3 is 0 Å². The van der Waals surface area contributed by atoms with Gasteiger partial charge in [-0.1, -0.05) is 35.0 Å². The number of rotatable bonds is 3. The van der Waals surface area contributed by atoms with Crippen molar-refractivity contribution in [3.8, 4) is 0 Å². The van der Waals surface area contributed by atoms with Crippen LogP contribution >= 0.6 is 15.9 Å². The molecule has 0 fully saturated rings. The number of amidine groups is 1. The molecule has 0 saturated heterocycles. The molecule has 3 heteroatoms. The molecule has 0 radical (unpaired) electrons. The van der Waals surface area contributed by atoms with Crippen molar-refractivity contribution in [3.05, 3.63) is 33.8 Å². The molecule has 0 spiro atoms. The lowest BCUT2D eigenvalue weighted by molar-refractivity contribution is 0.930. The van der Waals surface area contributed by atoms with Gasteiger partial charge in [0.1, 0.15) is 5.84 Å². The minimum absolute atomic E-state index is 0.618. The summed E-state index contributed by atoms with van der Waals surface area (Å²) in [5.74, 6) is 0.618. The van der Waals surface area contributed by atoms with Gasteiger partial charge < -0.3 is 5.73 Å². The monoisotopic (exact) mass is 254 g/mol. The van der Waals surface area contributed by atoms with Gasteiger partial charge in [-0.25, -0.2) is 0 Å². The van der Waals surface area contributed by atoms with E-state index in [4.69, 9.17) is 5.73 Å². The van der Waals surface area contributed by atoms with E-state index in [0.29, 0.717) is 5.84 Å². The fourth-order valence-corrected chi connectivity index (χ4v) is 1.45. The highest BCUT2D eigenvalue weighted by Gasteiger charge is 2.00. The number of nitrogens with zero attached hydrogens (tertiary/aromatic N) is 1. The predicted octanol–water partition coefficient (Wildman–Crippen LogP) is 2.87. The Morgan fingerprint density at radius 1 is 1.50 bits per heavy atom. The third-order valence-corrected chi connectivity index (χ3v) is 2.83. The van der Waals surface area contributed by atoms with Crippen molar-refractivity contribution in [2.24, 2.45) is 10.7 Å². The lowest BCUT2D eigenvalue weighted by Crippen LogP contribution is -2.13. The summed E-state index contributed by atoms with van der Waals surface area (Å²) in [6.45, 7) is 4.92. The van der Waals surface area contributed by atoms with Gasteiger partial charge in [0.15, 0.2) is 0 Å². The van der Waals surface area contributed by atoms with E-state index in [1.54, 1.807) is 0 Å². The number of benzene rings is 1. The molecule has 1 rings (SSSR count). The van der Waals surface area contributed by atoms with Crippen LogP contribution in [-0.2, 0) is 0 Å². The van der Waals surface area contributed by atoms with Crippen molar-refractivity contribution < 1.29 is 0 Å². The number of halogens is 1. The third kappa shape index (κ3) is 2.84. The second kappa shape index (κ2) is 5.15. The summed E-state index contributed by atoms with van der Waals surface area (Å²) in [5.41, 5.74) is 8.02. The molecular formula is C11H15BrN2. The molecule has 1 aromatic carbocycles. The van der Waals surface area contributed by atoms with Crippen LogP contribution in [0.4, 0.5) is 0 Å². The molecule has 0 unspecified atom stereocenters. The Kier molecular flexibility index (Phi) is 4.14. The van der Waals surface area contributed by atoms with Gasteiger partial charge in [-0.15, -0.1) is 0 Å². The van der Waals surface area contributed by atoms with E-state index in [2.05, 4.69) is 27.8 Å².